The van der Waals surface area contributed by atoms with E-state index in [4.69, 9.17) is 4.74 Å². The molecule has 14 heteroatoms. The average molecular weight is 664 g/mol. The highest BCUT2D eigenvalue weighted by Gasteiger charge is 2.35. The number of amides is 1. The van der Waals surface area contributed by atoms with Gasteiger partial charge in [-0.3, -0.25) is 4.79 Å². The Bertz CT molecular complexity index is 1440. The molecule has 46 heavy (non-hydrogen) atoms. The summed E-state index contributed by atoms with van der Waals surface area (Å²) in [5.41, 5.74) is 1.70. The van der Waals surface area contributed by atoms with E-state index >= 15 is 0 Å². The summed E-state index contributed by atoms with van der Waals surface area (Å²) in [6.07, 6.45) is 2.90. The van der Waals surface area contributed by atoms with Crippen LogP contribution in [-0.4, -0.2) is 61.5 Å². The lowest BCUT2D eigenvalue weighted by Crippen LogP contribution is -2.36. The first kappa shape index (κ1) is 35.2. The monoisotopic (exact) mass is 663 g/mol. The summed E-state index contributed by atoms with van der Waals surface area (Å²) in [7, 11) is 1.87. The quantitative estimate of drug-likeness (QED) is 0.148. The molecule has 2 heterocycles. The van der Waals surface area contributed by atoms with Gasteiger partial charge in [-0.25, -0.2) is 9.37 Å². The van der Waals surface area contributed by atoms with E-state index in [1.54, 1.807) is 0 Å². The van der Waals surface area contributed by atoms with Crippen molar-refractivity contribution in [2.45, 2.75) is 57.8 Å². The Hall–Kier alpha value is -3.62. The van der Waals surface area contributed by atoms with Gasteiger partial charge in [0.05, 0.1) is 24.6 Å². The molecule has 1 aliphatic carbocycles. The summed E-state index contributed by atoms with van der Waals surface area (Å²) in [6.45, 7) is 5.84. The van der Waals surface area contributed by atoms with Crippen molar-refractivity contribution in [2.75, 3.05) is 54.5 Å². The average Bonchev–Trinajstić information content (AvgIpc) is 3.05. The van der Waals surface area contributed by atoms with E-state index in [2.05, 4.69) is 31.2 Å². The number of rotatable bonds is 9. The molecule has 0 radical (unpaired) electrons. The lowest BCUT2D eigenvalue weighted by Gasteiger charge is -2.22. The van der Waals surface area contributed by atoms with E-state index < -0.39 is 23.4 Å². The number of morpholine rings is 1. The Morgan fingerprint density at radius 3 is 2.46 bits per heavy atom. The predicted molar refractivity (Wildman–Crippen MR) is 175 cm³/mol. The fraction of sp³-hybridized carbons (Fsp3) is 0.469. The van der Waals surface area contributed by atoms with E-state index in [9.17, 15) is 22.4 Å². The molecule has 0 atom stereocenters. The normalized spacial score (nSPS) is 15.4. The topological polar surface area (TPSA) is 103 Å². The lowest BCUT2D eigenvalue weighted by atomic mass is 9.95. The van der Waals surface area contributed by atoms with Crippen molar-refractivity contribution in [2.24, 2.45) is 0 Å². The molecule has 0 bridgehead atoms. The maximum atomic E-state index is 14.9. The van der Waals surface area contributed by atoms with Gasteiger partial charge < -0.3 is 30.3 Å². The van der Waals surface area contributed by atoms with E-state index in [0.717, 1.165) is 81.3 Å². The molecule has 1 saturated carbocycles. The molecule has 2 fully saturated rings. The molecular weight excluding hydrogens is 622 g/mol. The first-order valence-electron chi connectivity index (χ1n) is 15.3. The van der Waals surface area contributed by atoms with E-state index in [-0.39, 0.29) is 35.7 Å². The number of anilines is 4. The minimum absolute atomic E-state index is 0.0673. The number of hydrogen-bond acceptors (Lipinski definition) is 9. The Kier molecular flexibility index (Phi) is 12.9. The number of aryl methyl sites for hydroxylation is 1. The van der Waals surface area contributed by atoms with Crippen LogP contribution in [0.4, 0.5) is 40.7 Å². The zero-order valence-electron chi connectivity index (χ0n) is 26.3. The van der Waals surface area contributed by atoms with Gasteiger partial charge in [0.2, 0.25) is 5.95 Å². The molecule has 0 spiro atoms. The second-order valence-electron chi connectivity index (χ2n) is 11.1. The number of alkyl halides is 3. The Morgan fingerprint density at radius 1 is 1.11 bits per heavy atom. The van der Waals surface area contributed by atoms with Gasteiger partial charge in [0, 0.05) is 50.7 Å². The first-order valence-corrected chi connectivity index (χ1v) is 16.4. The second-order valence-corrected chi connectivity index (χ2v) is 12.0. The molecule has 2 aliphatic rings. The molecule has 1 saturated heterocycles. The van der Waals surface area contributed by atoms with Gasteiger partial charge in [-0.15, -0.1) is 0 Å². The van der Waals surface area contributed by atoms with Gasteiger partial charge >= 0.3 is 6.18 Å². The molecule has 0 unspecified atom stereocenters. The minimum Gasteiger partial charge on any atom is -0.379 e. The van der Waals surface area contributed by atoms with Crippen LogP contribution in [0, 0.1) is 12.7 Å². The SMILES string of the molecule is C1COCCN1.CSN(C)c1cc(C)ccc1CNc1nc(Nc2ccc(C(=O)NC3CCCCC3)cc2F)ncc1C(F)(F)F. The van der Waals surface area contributed by atoms with E-state index in [1.165, 1.54) is 24.1 Å². The van der Waals surface area contributed by atoms with Gasteiger partial charge in [0.15, 0.2) is 0 Å². The summed E-state index contributed by atoms with van der Waals surface area (Å²) in [5, 5.41) is 11.5. The van der Waals surface area contributed by atoms with Gasteiger partial charge in [0.25, 0.3) is 5.91 Å². The van der Waals surface area contributed by atoms with E-state index in [0.29, 0.717) is 6.20 Å². The molecular formula is C32H41F4N7O2S. The van der Waals surface area contributed by atoms with Crippen LogP contribution in [0.3, 0.4) is 0 Å². The zero-order chi connectivity index (χ0) is 33.1. The molecule has 9 nitrogen and oxygen atoms in total. The highest BCUT2D eigenvalue weighted by Crippen LogP contribution is 2.35. The molecule has 250 valence electrons. The largest absolute Gasteiger partial charge is 0.421 e. The summed E-state index contributed by atoms with van der Waals surface area (Å²) >= 11 is 1.48. The summed E-state index contributed by atoms with van der Waals surface area (Å²) < 4.78 is 63.1. The van der Waals surface area contributed by atoms with Gasteiger partial charge in [0.1, 0.15) is 17.2 Å². The van der Waals surface area contributed by atoms with Gasteiger partial charge in [-0.1, -0.05) is 43.3 Å². The van der Waals surface area contributed by atoms with E-state index in [1.807, 2.05) is 42.7 Å². The zero-order valence-corrected chi connectivity index (χ0v) is 27.1. The van der Waals surface area contributed by atoms with Crippen molar-refractivity contribution in [1.82, 2.24) is 20.6 Å². The van der Waals surface area contributed by atoms with Crippen LogP contribution in [0.5, 0.6) is 0 Å². The third-order valence-corrected chi connectivity index (χ3v) is 8.40. The number of nitrogens with one attached hydrogen (secondary N) is 4. The highest BCUT2D eigenvalue weighted by atomic mass is 32.2. The third-order valence-electron chi connectivity index (χ3n) is 7.66. The van der Waals surface area contributed by atoms with Crippen molar-refractivity contribution < 1.29 is 27.1 Å². The van der Waals surface area contributed by atoms with Crippen LogP contribution in [0.1, 0.15) is 59.2 Å². The minimum atomic E-state index is -4.70. The molecule has 2 aromatic carbocycles. The molecule has 1 aromatic heterocycles. The number of carbonyl (C=O) groups excluding carboxylic acids is 1. The smallest absolute Gasteiger partial charge is 0.379 e. The Labute approximate surface area is 271 Å². The summed E-state index contributed by atoms with van der Waals surface area (Å²) in [5.74, 6) is -1.78. The number of ether oxygens (including phenoxy) is 1. The maximum Gasteiger partial charge on any atom is 0.421 e. The van der Waals surface area contributed by atoms with Gasteiger partial charge in [-0.2, -0.15) is 18.2 Å². The van der Waals surface area contributed by atoms with Crippen LogP contribution in [0.25, 0.3) is 0 Å². The molecule has 1 aliphatic heterocycles. The van der Waals surface area contributed by atoms with Crippen molar-refractivity contribution in [3.8, 4) is 0 Å². The molecule has 5 rings (SSSR count). The van der Waals surface area contributed by atoms with Crippen LogP contribution in [0.2, 0.25) is 0 Å². The Morgan fingerprint density at radius 2 is 1.85 bits per heavy atom. The highest BCUT2D eigenvalue weighted by molar-refractivity contribution is 7.99. The second kappa shape index (κ2) is 16.8. The van der Waals surface area contributed by atoms with Crippen LogP contribution in [0.15, 0.2) is 42.6 Å². The summed E-state index contributed by atoms with van der Waals surface area (Å²) in [6, 6.07) is 9.64. The summed E-state index contributed by atoms with van der Waals surface area (Å²) in [4.78, 5) is 20.3. The predicted octanol–water partition coefficient (Wildman–Crippen LogP) is 6.68. The van der Waals surface area contributed by atoms with Crippen molar-refractivity contribution >= 4 is 41.0 Å². The number of aromatic nitrogens is 2. The Balaban J connectivity index is 0.000000717. The standard InChI is InChI=1S/C28H32F4N6OS.C4H9NO/c1-17-9-10-19(24(13-17)38(2)40-3)15-33-25-21(28(30,31)32)16-34-27(37-25)36-23-12-11-18(14-22(23)29)26(39)35-20-7-5-4-6-8-20;1-3-6-4-2-5-1/h9-14,16,20H,4-8,15H2,1-3H3,(H,35,39)(H2,33,34,36,37);5H,1-4H2. The number of nitrogens with zero attached hydrogens (tertiary/aromatic N) is 3. The molecule has 4 N–H and O–H groups in total. The van der Waals surface area contributed by atoms with Crippen LogP contribution < -0.4 is 25.6 Å². The number of carbonyl (C=O) groups is 1. The van der Waals surface area contributed by atoms with Crippen molar-refractivity contribution in [3.05, 3.63) is 70.7 Å². The first-order chi connectivity index (χ1) is 22.0. The van der Waals surface area contributed by atoms with Gasteiger partial charge in [-0.05, 0) is 55.2 Å². The third kappa shape index (κ3) is 10.2. The number of benzene rings is 2. The van der Waals surface area contributed by atoms with Crippen molar-refractivity contribution in [1.29, 1.82) is 0 Å². The number of halogens is 4. The lowest BCUT2D eigenvalue weighted by molar-refractivity contribution is -0.137. The van der Waals surface area contributed by atoms with Crippen LogP contribution >= 0.6 is 11.9 Å². The fourth-order valence-corrected chi connectivity index (χ4v) is 5.45. The van der Waals surface area contributed by atoms with Crippen LogP contribution in [-0.2, 0) is 17.5 Å². The maximum absolute atomic E-state index is 14.9. The number of hydrogen-bond donors (Lipinski definition) is 4. The fourth-order valence-electron chi connectivity index (χ4n) is 5.09. The van der Waals surface area contributed by atoms with Crippen molar-refractivity contribution in [3.63, 3.8) is 0 Å². The molecule has 1 amide bonds. The molecule has 3 aromatic rings.